The summed E-state index contributed by atoms with van der Waals surface area (Å²) in [5, 5.41) is 17.1. The highest BCUT2D eigenvalue weighted by Gasteiger charge is 2.22. The molecule has 0 bridgehead atoms. The molecular weight excluding hydrogens is 342 g/mol. The maximum Gasteiger partial charge on any atom is 0.291 e. The Morgan fingerprint density at radius 3 is 2.41 bits per heavy atom. The van der Waals surface area contributed by atoms with Crippen molar-refractivity contribution in [1.82, 2.24) is 9.78 Å². The van der Waals surface area contributed by atoms with E-state index in [0.29, 0.717) is 23.5 Å². The molecule has 3 rings (SSSR count). The molecule has 0 aliphatic rings. The number of aliphatic hydroxyl groups excluding tert-OH is 1. The number of ketones is 1. The Labute approximate surface area is 157 Å². The number of hydrogen-bond acceptors (Lipinski definition) is 5. The molecule has 2 aromatic carbocycles. The van der Waals surface area contributed by atoms with Gasteiger partial charge >= 0.3 is 0 Å². The van der Waals surface area contributed by atoms with Crippen molar-refractivity contribution in [2.45, 2.75) is 27.0 Å². The molecule has 0 amide bonds. The predicted octanol–water partition coefficient (Wildman–Crippen LogP) is 3.37. The minimum absolute atomic E-state index is 0.166. The number of aromatic nitrogens is 2. The van der Waals surface area contributed by atoms with Crippen molar-refractivity contribution in [1.29, 1.82) is 0 Å². The third-order valence-corrected chi connectivity index (χ3v) is 4.30. The Morgan fingerprint density at radius 2 is 1.78 bits per heavy atom. The molecule has 0 radical (unpaired) electrons. The van der Waals surface area contributed by atoms with E-state index in [2.05, 4.69) is 10.4 Å². The summed E-state index contributed by atoms with van der Waals surface area (Å²) in [4.78, 5) is 25.4. The number of nitrogens with zero attached hydrogens (tertiary/aromatic N) is 2. The molecule has 0 saturated carbocycles. The van der Waals surface area contributed by atoms with Gasteiger partial charge in [-0.1, -0.05) is 48.5 Å². The van der Waals surface area contributed by atoms with E-state index in [9.17, 15) is 14.7 Å². The van der Waals surface area contributed by atoms with Gasteiger partial charge in [-0.15, -0.1) is 0 Å². The molecule has 0 spiro atoms. The molecule has 0 atom stereocenters. The summed E-state index contributed by atoms with van der Waals surface area (Å²) < 4.78 is 1.33. The van der Waals surface area contributed by atoms with Crippen LogP contribution in [0.2, 0.25) is 0 Å². The van der Waals surface area contributed by atoms with Crippen LogP contribution in [0, 0.1) is 0 Å². The van der Waals surface area contributed by atoms with Crippen LogP contribution in [0.25, 0.3) is 11.3 Å². The number of aryl methyl sites for hydroxylation is 1. The van der Waals surface area contributed by atoms with E-state index in [4.69, 9.17) is 0 Å². The lowest BCUT2D eigenvalue weighted by Crippen LogP contribution is -2.28. The quantitative estimate of drug-likeness (QED) is 0.656. The first-order chi connectivity index (χ1) is 13.1. The summed E-state index contributed by atoms with van der Waals surface area (Å²) >= 11 is 0. The maximum atomic E-state index is 12.9. The fraction of sp³-hybridized carbons (Fsp3) is 0.190. The Bertz CT molecular complexity index is 1030. The van der Waals surface area contributed by atoms with E-state index in [1.165, 1.54) is 11.6 Å². The Kier molecular flexibility index (Phi) is 5.47. The molecule has 138 valence electrons. The van der Waals surface area contributed by atoms with Gasteiger partial charge in [-0.3, -0.25) is 9.59 Å². The van der Waals surface area contributed by atoms with Crippen LogP contribution in [-0.2, 0) is 13.2 Å². The number of anilines is 2. The van der Waals surface area contributed by atoms with E-state index >= 15 is 0 Å². The Morgan fingerprint density at radius 1 is 1.11 bits per heavy atom. The van der Waals surface area contributed by atoms with Crippen molar-refractivity contribution in [3.63, 3.8) is 0 Å². The number of benzene rings is 2. The third kappa shape index (κ3) is 3.66. The van der Waals surface area contributed by atoms with E-state index in [1.54, 1.807) is 24.3 Å². The van der Waals surface area contributed by atoms with Gasteiger partial charge < -0.3 is 10.4 Å². The fourth-order valence-electron chi connectivity index (χ4n) is 2.96. The average Bonchev–Trinajstić information content (AvgIpc) is 2.70. The zero-order chi connectivity index (χ0) is 19.4. The molecule has 1 aromatic heterocycles. The SMILES string of the molecule is CCn1nc(-c2ccccc2)c(C(C)=O)c(Nc2ccccc2CO)c1=O. The number of Topliss-reactive ketones (excluding diaryl/α,β-unsaturated/α-hetero) is 1. The normalized spacial score (nSPS) is 10.6. The molecule has 6 heteroatoms. The smallest absolute Gasteiger partial charge is 0.291 e. The van der Waals surface area contributed by atoms with Gasteiger partial charge in [0.2, 0.25) is 0 Å². The van der Waals surface area contributed by atoms with Gasteiger partial charge in [-0.2, -0.15) is 5.10 Å². The molecule has 2 N–H and O–H groups in total. The molecule has 0 fully saturated rings. The summed E-state index contributed by atoms with van der Waals surface area (Å²) in [6, 6.07) is 16.4. The van der Waals surface area contributed by atoms with E-state index in [0.717, 1.165) is 5.56 Å². The van der Waals surface area contributed by atoms with Crippen LogP contribution in [0.1, 0.15) is 29.8 Å². The van der Waals surface area contributed by atoms with Gasteiger partial charge in [0.1, 0.15) is 11.4 Å². The zero-order valence-electron chi connectivity index (χ0n) is 15.3. The minimum Gasteiger partial charge on any atom is -0.392 e. The van der Waals surface area contributed by atoms with Crippen LogP contribution < -0.4 is 10.9 Å². The molecule has 0 aliphatic carbocycles. The largest absolute Gasteiger partial charge is 0.392 e. The number of aliphatic hydroxyl groups is 1. The Balaban J connectivity index is 2.29. The highest BCUT2D eigenvalue weighted by atomic mass is 16.3. The summed E-state index contributed by atoms with van der Waals surface area (Å²) in [6.07, 6.45) is 0. The van der Waals surface area contributed by atoms with Crippen molar-refractivity contribution < 1.29 is 9.90 Å². The number of rotatable bonds is 6. The standard InChI is InChI=1S/C21H21N3O3/c1-3-24-21(27)20(22-17-12-8-7-11-16(17)13-25)18(14(2)26)19(23-24)15-9-5-4-6-10-15/h4-12,22,25H,3,13H2,1-2H3. The van der Waals surface area contributed by atoms with Crippen LogP contribution >= 0.6 is 0 Å². The lowest BCUT2D eigenvalue weighted by molar-refractivity contribution is 0.101. The number of carbonyl (C=O) groups is 1. The second-order valence-electron chi connectivity index (χ2n) is 6.08. The number of nitrogens with one attached hydrogen (secondary N) is 1. The number of carbonyl (C=O) groups excluding carboxylic acids is 1. The van der Waals surface area contributed by atoms with Crippen LogP contribution in [0.15, 0.2) is 59.4 Å². The first-order valence-corrected chi connectivity index (χ1v) is 8.74. The summed E-state index contributed by atoms with van der Waals surface area (Å²) in [6.45, 7) is 3.43. The van der Waals surface area contributed by atoms with Crippen LogP contribution in [-0.4, -0.2) is 20.7 Å². The van der Waals surface area contributed by atoms with Crippen molar-refractivity contribution in [3.05, 3.63) is 76.1 Å². The topological polar surface area (TPSA) is 84.2 Å². The molecular formula is C21H21N3O3. The van der Waals surface area contributed by atoms with E-state index in [-0.39, 0.29) is 29.2 Å². The molecule has 1 heterocycles. The summed E-state index contributed by atoms with van der Waals surface area (Å²) in [5.74, 6) is -0.259. The molecule has 27 heavy (non-hydrogen) atoms. The number of para-hydroxylation sites is 1. The van der Waals surface area contributed by atoms with Crippen LogP contribution in [0.5, 0.6) is 0 Å². The van der Waals surface area contributed by atoms with Crippen LogP contribution in [0.4, 0.5) is 11.4 Å². The van der Waals surface area contributed by atoms with E-state index < -0.39 is 0 Å². The first-order valence-electron chi connectivity index (χ1n) is 8.74. The van der Waals surface area contributed by atoms with Crippen molar-refractivity contribution in [2.75, 3.05) is 5.32 Å². The fourth-order valence-corrected chi connectivity index (χ4v) is 2.96. The number of hydrogen-bond donors (Lipinski definition) is 2. The molecule has 6 nitrogen and oxygen atoms in total. The van der Waals surface area contributed by atoms with Gasteiger partial charge in [0.15, 0.2) is 5.78 Å². The monoisotopic (exact) mass is 363 g/mol. The molecule has 0 unspecified atom stereocenters. The Hall–Kier alpha value is -3.25. The third-order valence-electron chi connectivity index (χ3n) is 4.30. The second-order valence-corrected chi connectivity index (χ2v) is 6.08. The highest BCUT2D eigenvalue weighted by Crippen LogP contribution is 2.28. The van der Waals surface area contributed by atoms with Gasteiger partial charge in [0.25, 0.3) is 5.56 Å². The van der Waals surface area contributed by atoms with Gasteiger partial charge in [0.05, 0.1) is 12.2 Å². The average molecular weight is 363 g/mol. The minimum atomic E-state index is -0.380. The zero-order valence-corrected chi connectivity index (χ0v) is 15.3. The maximum absolute atomic E-state index is 12.9. The summed E-state index contributed by atoms with van der Waals surface area (Å²) in [5.41, 5.74) is 2.44. The van der Waals surface area contributed by atoms with Crippen molar-refractivity contribution in [2.24, 2.45) is 0 Å². The molecule has 0 saturated heterocycles. The molecule has 3 aromatic rings. The van der Waals surface area contributed by atoms with Gasteiger partial charge in [0, 0.05) is 23.4 Å². The lowest BCUT2D eigenvalue weighted by Gasteiger charge is -2.17. The van der Waals surface area contributed by atoms with Crippen LogP contribution in [0.3, 0.4) is 0 Å². The van der Waals surface area contributed by atoms with Crippen molar-refractivity contribution >= 4 is 17.2 Å². The first kappa shape index (κ1) is 18.5. The second kappa shape index (κ2) is 7.97. The molecule has 0 aliphatic heterocycles. The predicted molar refractivity (Wildman–Crippen MR) is 105 cm³/mol. The lowest BCUT2D eigenvalue weighted by atomic mass is 10.0. The summed E-state index contributed by atoms with van der Waals surface area (Å²) in [7, 11) is 0. The van der Waals surface area contributed by atoms with Gasteiger partial charge in [-0.05, 0) is 19.9 Å². The van der Waals surface area contributed by atoms with Crippen molar-refractivity contribution in [3.8, 4) is 11.3 Å². The van der Waals surface area contributed by atoms with E-state index in [1.807, 2.05) is 37.3 Å². The van der Waals surface area contributed by atoms with Gasteiger partial charge in [-0.25, -0.2) is 4.68 Å². The highest BCUT2D eigenvalue weighted by molar-refractivity contribution is 6.05.